The van der Waals surface area contributed by atoms with Gasteiger partial charge in [-0.3, -0.25) is 0 Å². The Morgan fingerprint density at radius 1 is 1.37 bits per heavy atom. The van der Waals surface area contributed by atoms with Gasteiger partial charge in [-0.1, -0.05) is 0 Å². The SMILES string of the molecule is COc1ccc(OC(C)CNCC(F)(F)F)c(Br)c1. The topological polar surface area (TPSA) is 30.5 Å². The van der Waals surface area contributed by atoms with Gasteiger partial charge in [0.15, 0.2) is 0 Å². The van der Waals surface area contributed by atoms with Crippen LogP contribution in [0.2, 0.25) is 0 Å². The van der Waals surface area contributed by atoms with Crippen molar-refractivity contribution in [2.75, 3.05) is 20.2 Å². The monoisotopic (exact) mass is 341 g/mol. The van der Waals surface area contributed by atoms with E-state index in [0.717, 1.165) is 0 Å². The lowest BCUT2D eigenvalue weighted by molar-refractivity contribution is -0.125. The molecule has 0 heterocycles. The number of ether oxygens (including phenoxy) is 2. The number of hydrogen-bond donors (Lipinski definition) is 1. The van der Waals surface area contributed by atoms with Crippen LogP contribution in [0.15, 0.2) is 22.7 Å². The molecule has 1 N–H and O–H groups in total. The number of nitrogens with one attached hydrogen (secondary N) is 1. The number of hydrogen-bond acceptors (Lipinski definition) is 3. The molecular weight excluding hydrogens is 327 g/mol. The molecule has 0 aliphatic rings. The minimum atomic E-state index is -4.21. The van der Waals surface area contributed by atoms with E-state index < -0.39 is 12.7 Å². The summed E-state index contributed by atoms with van der Waals surface area (Å²) in [6.07, 6.45) is -4.59. The molecule has 1 rings (SSSR count). The molecule has 1 aromatic rings. The number of halogens is 4. The quantitative estimate of drug-likeness (QED) is 0.860. The second kappa shape index (κ2) is 7.00. The van der Waals surface area contributed by atoms with Gasteiger partial charge >= 0.3 is 6.18 Å². The van der Waals surface area contributed by atoms with Gasteiger partial charge in [-0.25, -0.2) is 0 Å². The highest BCUT2D eigenvalue weighted by atomic mass is 79.9. The average molecular weight is 342 g/mol. The van der Waals surface area contributed by atoms with Crippen molar-refractivity contribution in [3.05, 3.63) is 22.7 Å². The average Bonchev–Trinajstić information content (AvgIpc) is 2.30. The normalized spacial score (nSPS) is 13.2. The van der Waals surface area contributed by atoms with Gasteiger partial charge in [-0.15, -0.1) is 0 Å². The molecule has 0 saturated heterocycles. The fourth-order valence-electron chi connectivity index (χ4n) is 1.38. The standard InChI is InChI=1S/C12H15BrF3NO2/c1-8(6-17-7-12(14,15)16)19-11-4-3-9(18-2)5-10(11)13/h3-5,8,17H,6-7H2,1-2H3. The summed E-state index contributed by atoms with van der Waals surface area (Å²) in [5, 5.41) is 2.30. The third-order valence-electron chi connectivity index (χ3n) is 2.22. The Morgan fingerprint density at radius 2 is 2.05 bits per heavy atom. The second-order valence-corrected chi connectivity index (χ2v) is 4.83. The van der Waals surface area contributed by atoms with E-state index in [1.807, 2.05) is 0 Å². The van der Waals surface area contributed by atoms with Gasteiger partial charge in [-0.2, -0.15) is 13.2 Å². The number of alkyl halides is 3. The molecule has 1 atom stereocenters. The molecule has 1 unspecified atom stereocenters. The van der Waals surface area contributed by atoms with Gasteiger partial charge in [0.05, 0.1) is 18.1 Å². The molecule has 0 radical (unpaired) electrons. The van der Waals surface area contributed by atoms with Gasteiger partial charge < -0.3 is 14.8 Å². The van der Waals surface area contributed by atoms with Crippen molar-refractivity contribution >= 4 is 15.9 Å². The zero-order valence-electron chi connectivity index (χ0n) is 10.6. The van der Waals surface area contributed by atoms with Gasteiger partial charge in [0.25, 0.3) is 0 Å². The van der Waals surface area contributed by atoms with Crippen molar-refractivity contribution in [3.63, 3.8) is 0 Å². The Kier molecular flexibility index (Phi) is 5.93. The highest BCUT2D eigenvalue weighted by molar-refractivity contribution is 9.10. The van der Waals surface area contributed by atoms with Crippen molar-refractivity contribution in [2.45, 2.75) is 19.2 Å². The molecule has 19 heavy (non-hydrogen) atoms. The summed E-state index contributed by atoms with van der Waals surface area (Å²) >= 11 is 3.31. The summed E-state index contributed by atoms with van der Waals surface area (Å²) in [6.45, 7) is 0.780. The molecule has 0 bridgehead atoms. The van der Waals surface area contributed by atoms with Crippen LogP contribution in [-0.2, 0) is 0 Å². The van der Waals surface area contributed by atoms with E-state index >= 15 is 0 Å². The van der Waals surface area contributed by atoms with Crippen molar-refractivity contribution in [2.24, 2.45) is 0 Å². The summed E-state index contributed by atoms with van der Waals surface area (Å²) < 4.78 is 47.1. The van der Waals surface area contributed by atoms with Gasteiger partial charge in [0.1, 0.15) is 17.6 Å². The Balaban J connectivity index is 2.46. The van der Waals surface area contributed by atoms with E-state index in [2.05, 4.69) is 21.2 Å². The van der Waals surface area contributed by atoms with Gasteiger partial charge in [0.2, 0.25) is 0 Å². The molecule has 1 aromatic carbocycles. The van der Waals surface area contributed by atoms with Crippen LogP contribution < -0.4 is 14.8 Å². The van der Waals surface area contributed by atoms with E-state index in [-0.39, 0.29) is 12.6 Å². The van der Waals surface area contributed by atoms with Crippen molar-refractivity contribution < 1.29 is 22.6 Å². The molecule has 108 valence electrons. The van der Waals surface area contributed by atoms with Crippen LogP contribution in [0.25, 0.3) is 0 Å². The fourth-order valence-corrected chi connectivity index (χ4v) is 1.83. The summed E-state index contributed by atoms with van der Waals surface area (Å²) in [5.41, 5.74) is 0. The summed E-state index contributed by atoms with van der Waals surface area (Å²) in [4.78, 5) is 0. The molecular formula is C12H15BrF3NO2. The largest absolute Gasteiger partial charge is 0.497 e. The van der Waals surface area contributed by atoms with Crippen molar-refractivity contribution in [1.29, 1.82) is 0 Å². The molecule has 0 fully saturated rings. The first-order valence-electron chi connectivity index (χ1n) is 5.59. The lowest BCUT2D eigenvalue weighted by Crippen LogP contribution is -2.35. The Labute approximate surface area is 118 Å². The highest BCUT2D eigenvalue weighted by Crippen LogP contribution is 2.29. The Bertz CT molecular complexity index is 412. The highest BCUT2D eigenvalue weighted by Gasteiger charge is 2.26. The van der Waals surface area contributed by atoms with Crippen LogP contribution in [-0.4, -0.2) is 32.5 Å². The lowest BCUT2D eigenvalue weighted by Gasteiger charge is -2.17. The van der Waals surface area contributed by atoms with E-state index in [0.29, 0.717) is 16.0 Å². The molecule has 0 amide bonds. The molecule has 0 aromatic heterocycles. The zero-order valence-corrected chi connectivity index (χ0v) is 12.1. The first-order valence-corrected chi connectivity index (χ1v) is 6.39. The van der Waals surface area contributed by atoms with Crippen LogP contribution in [0.3, 0.4) is 0 Å². The van der Waals surface area contributed by atoms with E-state index in [4.69, 9.17) is 9.47 Å². The molecule has 3 nitrogen and oxygen atoms in total. The van der Waals surface area contributed by atoms with Crippen molar-refractivity contribution in [3.8, 4) is 11.5 Å². The van der Waals surface area contributed by atoms with Crippen LogP contribution in [0.1, 0.15) is 6.92 Å². The molecule has 0 saturated carbocycles. The maximum Gasteiger partial charge on any atom is 0.401 e. The number of methoxy groups -OCH3 is 1. The van der Waals surface area contributed by atoms with Gasteiger partial charge in [-0.05, 0) is 41.1 Å². The third-order valence-corrected chi connectivity index (χ3v) is 2.84. The Morgan fingerprint density at radius 3 is 2.58 bits per heavy atom. The first-order chi connectivity index (χ1) is 8.81. The zero-order chi connectivity index (χ0) is 14.5. The molecule has 0 spiro atoms. The van der Waals surface area contributed by atoms with Crippen LogP contribution >= 0.6 is 15.9 Å². The maximum absolute atomic E-state index is 12.0. The fraction of sp³-hybridized carbons (Fsp3) is 0.500. The molecule has 7 heteroatoms. The summed E-state index contributed by atoms with van der Waals surface area (Å²) in [7, 11) is 1.55. The predicted molar refractivity (Wildman–Crippen MR) is 69.7 cm³/mol. The number of rotatable bonds is 6. The van der Waals surface area contributed by atoms with Gasteiger partial charge in [0, 0.05) is 6.54 Å². The molecule has 0 aliphatic carbocycles. The Hall–Kier alpha value is -0.950. The summed E-state index contributed by atoms with van der Waals surface area (Å²) in [6, 6.07) is 5.14. The second-order valence-electron chi connectivity index (χ2n) is 3.97. The van der Waals surface area contributed by atoms with Crippen molar-refractivity contribution in [1.82, 2.24) is 5.32 Å². The predicted octanol–water partition coefficient (Wildman–Crippen LogP) is 3.38. The van der Waals surface area contributed by atoms with E-state index in [1.165, 1.54) is 0 Å². The summed E-state index contributed by atoms with van der Waals surface area (Å²) in [5.74, 6) is 1.23. The van der Waals surface area contributed by atoms with Crippen LogP contribution in [0.5, 0.6) is 11.5 Å². The van der Waals surface area contributed by atoms with E-state index in [1.54, 1.807) is 32.2 Å². The minimum Gasteiger partial charge on any atom is -0.497 e. The number of benzene rings is 1. The minimum absolute atomic E-state index is 0.109. The third kappa shape index (κ3) is 6.15. The van der Waals surface area contributed by atoms with E-state index in [9.17, 15) is 13.2 Å². The van der Waals surface area contributed by atoms with Crippen LogP contribution in [0, 0.1) is 0 Å². The van der Waals surface area contributed by atoms with Crippen LogP contribution in [0.4, 0.5) is 13.2 Å². The first kappa shape index (κ1) is 16.1. The molecule has 0 aliphatic heterocycles. The lowest BCUT2D eigenvalue weighted by atomic mass is 10.3. The maximum atomic E-state index is 12.0. The smallest absolute Gasteiger partial charge is 0.401 e.